The molecule has 3 rings (SSSR count). The molecule has 1 aliphatic rings. The lowest BCUT2D eigenvalue weighted by molar-refractivity contribution is -0.116. The standard InChI is InChI=1S/C20H22FNO3/c1-3-24-8-9-25-15-5-7-17-18(12-20(23)22-19(17)11-15)16-6-4-14(21)10-13(16)2/h4-7,10-11,18H,3,8-9,12H2,1-2H3,(H,22,23). The van der Waals surface area contributed by atoms with Gasteiger partial charge in [0.1, 0.15) is 18.2 Å². The zero-order chi connectivity index (χ0) is 17.8. The van der Waals surface area contributed by atoms with Gasteiger partial charge in [0.15, 0.2) is 0 Å². The fraction of sp³-hybridized carbons (Fsp3) is 0.350. The maximum atomic E-state index is 13.4. The van der Waals surface area contributed by atoms with Gasteiger partial charge in [0, 0.05) is 30.7 Å². The number of hydrogen-bond acceptors (Lipinski definition) is 3. The second-order valence-corrected chi connectivity index (χ2v) is 6.10. The number of aryl methyl sites for hydroxylation is 1. The van der Waals surface area contributed by atoms with Gasteiger partial charge in [-0.1, -0.05) is 12.1 Å². The number of amides is 1. The molecular formula is C20H22FNO3. The molecule has 2 aromatic carbocycles. The molecule has 1 amide bonds. The van der Waals surface area contributed by atoms with Crippen LogP contribution < -0.4 is 10.1 Å². The highest BCUT2D eigenvalue weighted by molar-refractivity contribution is 5.95. The van der Waals surface area contributed by atoms with Crippen molar-refractivity contribution in [1.82, 2.24) is 0 Å². The molecule has 4 nitrogen and oxygen atoms in total. The van der Waals surface area contributed by atoms with Crippen LogP contribution in [0.2, 0.25) is 0 Å². The van der Waals surface area contributed by atoms with Crippen LogP contribution in [0.1, 0.15) is 36.0 Å². The van der Waals surface area contributed by atoms with E-state index in [1.54, 1.807) is 6.07 Å². The van der Waals surface area contributed by atoms with Gasteiger partial charge < -0.3 is 14.8 Å². The van der Waals surface area contributed by atoms with Crippen molar-refractivity contribution in [1.29, 1.82) is 0 Å². The lowest BCUT2D eigenvalue weighted by Crippen LogP contribution is -2.24. The maximum Gasteiger partial charge on any atom is 0.225 e. The van der Waals surface area contributed by atoms with E-state index in [2.05, 4.69) is 5.32 Å². The highest BCUT2D eigenvalue weighted by Crippen LogP contribution is 2.39. The molecule has 0 saturated heterocycles. The van der Waals surface area contributed by atoms with Crippen molar-refractivity contribution in [3.63, 3.8) is 0 Å². The number of carbonyl (C=O) groups excluding carboxylic acids is 1. The fourth-order valence-corrected chi connectivity index (χ4v) is 3.20. The third-order valence-corrected chi connectivity index (χ3v) is 4.37. The van der Waals surface area contributed by atoms with Crippen LogP contribution in [-0.2, 0) is 9.53 Å². The van der Waals surface area contributed by atoms with Gasteiger partial charge in [-0.3, -0.25) is 4.79 Å². The third kappa shape index (κ3) is 3.99. The number of fused-ring (bicyclic) bond motifs is 1. The first-order valence-corrected chi connectivity index (χ1v) is 8.49. The topological polar surface area (TPSA) is 47.6 Å². The predicted molar refractivity (Wildman–Crippen MR) is 94.7 cm³/mol. The average molecular weight is 343 g/mol. The van der Waals surface area contributed by atoms with E-state index in [9.17, 15) is 9.18 Å². The Kier molecular flexibility index (Phi) is 5.34. The van der Waals surface area contributed by atoms with Crippen molar-refractivity contribution in [2.45, 2.75) is 26.2 Å². The highest BCUT2D eigenvalue weighted by atomic mass is 19.1. The van der Waals surface area contributed by atoms with Crippen LogP contribution in [0.15, 0.2) is 36.4 Å². The monoisotopic (exact) mass is 343 g/mol. The predicted octanol–water partition coefficient (Wildman–Crippen LogP) is 4.02. The molecule has 0 saturated carbocycles. The molecule has 1 N–H and O–H groups in total. The van der Waals surface area contributed by atoms with E-state index < -0.39 is 0 Å². The molecule has 0 aliphatic carbocycles. The third-order valence-electron chi connectivity index (χ3n) is 4.37. The zero-order valence-electron chi connectivity index (χ0n) is 14.5. The van der Waals surface area contributed by atoms with E-state index in [4.69, 9.17) is 9.47 Å². The minimum atomic E-state index is -0.264. The Labute approximate surface area is 147 Å². The Balaban J connectivity index is 1.86. The molecule has 0 aromatic heterocycles. The van der Waals surface area contributed by atoms with E-state index in [0.29, 0.717) is 32.0 Å². The minimum Gasteiger partial charge on any atom is -0.491 e. The smallest absolute Gasteiger partial charge is 0.225 e. The summed E-state index contributed by atoms with van der Waals surface area (Å²) in [6.07, 6.45) is 0.351. The summed E-state index contributed by atoms with van der Waals surface area (Å²) in [5.41, 5.74) is 3.59. The Morgan fingerprint density at radius 2 is 1.96 bits per heavy atom. The molecule has 2 aromatic rings. The van der Waals surface area contributed by atoms with E-state index in [1.165, 1.54) is 12.1 Å². The van der Waals surface area contributed by atoms with Gasteiger partial charge in [-0.2, -0.15) is 0 Å². The van der Waals surface area contributed by atoms with Crippen molar-refractivity contribution in [3.05, 3.63) is 58.9 Å². The van der Waals surface area contributed by atoms with Crippen molar-refractivity contribution >= 4 is 11.6 Å². The van der Waals surface area contributed by atoms with Crippen molar-refractivity contribution in [2.24, 2.45) is 0 Å². The van der Waals surface area contributed by atoms with E-state index >= 15 is 0 Å². The molecule has 0 spiro atoms. The first-order chi connectivity index (χ1) is 12.1. The number of halogens is 1. The van der Waals surface area contributed by atoms with Crippen LogP contribution in [-0.4, -0.2) is 25.7 Å². The fourth-order valence-electron chi connectivity index (χ4n) is 3.20. The van der Waals surface area contributed by atoms with Crippen LogP contribution >= 0.6 is 0 Å². The molecule has 0 fully saturated rings. The summed E-state index contributed by atoms with van der Waals surface area (Å²) in [7, 11) is 0. The number of benzene rings is 2. The highest BCUT2D eigenvalue weighted by Gasteiger charge is 2.27. The number of ether oxygens (including phenoxy) is 2. The van der Waals surface area contributed by atoms with E-state index in [-0.39, 0.29) is 17.6 Å². The molecule has 25 heavy (non-hydrogen) atoms. The van der Waals surface area contributed by atoms with Gasteiger partial charge in [-0.25, -0.2) is 4.39 Å². The maximum absolute atomic E-state index is 13.4. The van der Waals surface area contributed by atoms with Crippen LogP contribution in [0.4, 0.5) is 10.1 Å². The Hall–Kier alpha value is -2.40. The molecule has 1 heterocycles. The number of hydrogen-bond donors (Lipinski definition) is 1. The Morgan fingerprint density at radius 3 is 2.72 bits per heavy atom. The summed E-state index contributed by atoms with van der Waals surface area (Å²) >= 11 is 0. The summed E-state index contributed by atoms with van der Waals surface area (Å²) < 4.78 is 24.3. The largest absolute Gasteiger partial charge is 0.491 e. The van der Waals surface area contributed by atoms with Gasteiger partial charge in [0.05, 0.1) is 6.61 Å². The molecule has 1 aliphatic heterocycles. The quantitative estimate of drug-likeness (QED) is 0.806. The van der Waals surface area contributed by atoms with Crippen LogP contribution in [0.3, 0.4) is 0 Å². The van der Waals surface area contributed by atoms with Crippen LogP contribution in [0, 0.1) is 12.7 Å². The summed E-state index contributed by atoms with van der Waals surface area (Å²) in [5.74, 6) is 0.296. The first kappa shape index (κ1) is 17.4. The number of carbonyl (C=O) groups is 1. The van der Waals surface area contributed by atoms with Crippen molar-refractivity contribution in [3.8, 4) is 5.75 Å². The second-order valence-electron chi connectivity index (χ2n) is 6.10. The average Bonchev–Trinajstić information content (AvgIpc) is 2.58. The van der Waals surface area contributed by atoms with Gasteiger partial charge >= 0.3 is 0 Å². The molecule has 0 bridgehead atoms. The molecule has 0 radical (unpaired) electrons. The van der Waals surface area contributed by atoms with Gasteiger partial charge in [-0.05, 0) is 48.7 Å². The SMILES string of the molecule is CCOCCOc1ccc2c(c1)NC(=O)CC2c1ccc(F)cc1C. The summed E-state index contributed by atoms with van der Waals surface area (Å²) in [5, 5.41) is 2.91. The van der Waals surface area contributed by atoms with Gasteiger partial charge in [-0.15, -0.1) is 0 Å². The van der Waals surface area contributed by atoms with Gasteiger partial charge in [0.2, 0.25) is 5.91 Å². The lowest BCUT2D eigenvalue weighted by atomic mass is 9.83. The molecule has 5 heteroatoms. The normalized spacial score (nSPS) is 16.3. The van der Waals surface area contributed by atoms with Crippen LogP contribution in [0.25, 0.3) is 0 Å². The minimum absolute atomic E-state index is 0.0484. The van der Waals surface area contributed by atoms with Crippen molar-refractivity contribution < 1.29 is 18.7 Å². The Morgan fingerprint density at radius 1 is 1.16 bits per heavy atom. The number of rotatable bonds is 6. The molecule has 132 valence electrons. The lowest BCUT2D eigenvalue weighted by Gasteiger charge is -2.27. The second kappa shape index (κ2) is 7.66. The molecule has 1 unspecified atom stereocenters. The van der Waals surface area contributed by atoms with Crippen LogP contribution in [0.5, 0.6) is 5.75 Å². The van der Waals surface area contributed by atoms with Crippen molar-refractivity contribution in [2.75, 3.05) is 25.1 Å². The molecular weight excluding hydrogens is 321 g/mol. The van der Waals surface area contributed by atoms with Gasteiger partial charge in [0.25, 0.3) is 0 Å². The number of nitrogens with one attached hydrogen (secondary N) is 1. The van der Waals surface area contributed by atoms with E-state index in [1.807, 2.05) is 32.0 Å². The summed E-state index contributed by atoms with van der Waals surface area (Å²) in [4.78, 5) is 12.2. The Bertz CT molecular complexity index is 776. The summed E-state index contributed by atoms with van der Waals surface area (Å²) in [6.45, 7) is 5.45. The van der Waals surface area contributed by atoms with E-state index in [0.717, 1.165) is 22.4 Å². The molecule has 1 atom stereocenters. The first-order valence-electron chi connectivity index (χ1n) is 8.49. The number of anilines is 1. The zero-order valence-corrected chi connectivity index (χ0v) is 14.5. The summed E-state index contributed by atoms with van der Waals surface area (Å²) in [6, 6.07) is 10.4.